The summed E-state index contributed by atoms with van der Waals surface area (Å²) < 4.78 is 12.1. The molecular formula is C30H36N2O3. The highest BCUT2D eigenvalue weighted by Crippen LogP contribution is 2.20. The average Bonchev–Trinajstić information content (AvgIpc) is 2.91. The maximum absolute atomic E-state index is 12.8. The van der Waals surface area contributed by atoms with Gasteiger partial charge in [-0.1, -0.05) is 72.8 Å². The number of ether oxygens (including phenoxy) is 2. The van der Waals surface area contributed by atoms with E-state index >= 15 is 0 Å². The lowest BCUT2D eigenvalue weighted by molar-refractivity contribution is 0.0909. The van der Waals surface area contributed by atoms with Crippen LogP contribution < -0.4 is 10.1 Å². The van der Waals surface area contributed by atoms with Gasteiger partial charge in [0.25, 0.3) is 5.91 Å². The molecule has 0 fully saturated rings. The van der Waals surface area contributed by atoms with Gasteiger partial charge in [-0.15, -0.1) is 0 Å². The first-order valence-electron chi connectivity index (χ1n) is 12.7. The van der Waals surface area contributed by atoms with Gasteiger partial charge < -0.3 is 14.8 Å². The lowest BCUT2D eigenvalue weighted by atomic mass is 10.0. The summed E-state index contributed by atoms with van der Waals surface area (Å²) in [6, 6.07) is 28.9. The number of hydrogen-bond acceptors (Lipinski definition) is 4. The summed E-state index contributed by atoms with van der Waals surface area (Å²) in [4.78, 5) is 15.3. The Balaban J connectivity index is 1.57. The topological polar surface area (TPSA) is 50.8 Å². The molecule has 1 amide bonds. The molecule has 5 nitrogen and oxygen atoms in total. The summed E-state index contributed by atoms with van der Waals surface area (Å²) in [5, 5.41) is 2.95. The van der Waals surface area contributed by atoms with Gasteiger partial charge in [0.2, 0.25) is 0 Å². The molecule has 0 bridgehead atoms. The number of para-hydroxylation sites is 1. The zero-order valence-electron chi connectivity index (χ0n) is 20.4. The fourth-order valence-electron chi connectivity index (χ4n) is 4.49. The number of hydrogen-bond donors (Lipinski definition) is 1. The van der Waals surface area contributed by atoms with Crippen molar-refractivity contribution in [2.75, 3.05) is 39.5 Å². The van der Waals surface area contributed by atoms with Crippen LogP contribution >= 0.6 is 0 Å². The monoisotopic (exact) mass is 472 g/mol. The van der Waals surface area contributed by atoms with Crippen molar-refractivity contribution in [1.29, 1.82) is 0 Å². The second kappa shape index (κ2) is 13.7. The normalized spacial score (nSPS) is 18.4. The van der Waals surface area contributed by atoms with E-state index < -0.39 is 0 Å². The molecule has 3 aromatic rings. The number of fused-ring (bicyclic) bond motifs is 1. The van der Waals surface area contributed by atoms with E-state index in [0.29, 0.717) is 37.7 Å². The maximum Gasteiger partial charge on any atom is 0.255 e. The molecule has 1 aliphatic rings. The standard InChI is InChI=1S/C30H36N2O3/c33-30-28-15-7-8-16-29(28)35-24-27(23-26-13-5-2-6-14-26)32(19-9-10-21-34-22-18-31-30)20-17-25-11-3-1-4-12-25/h1-8,11-16,27H,9-10,17-24H2,(H,31,33)/t27-/m0/s1. The van der Waals surface area contributed by atoms with Crippen molar-refractivity contribution in [2.24, 2.45) is 0 Å². The van der Waals surface area contributed by atoms with Crippen LogP contribution in [0.5, 0.6) is 5.75 Å². The second-order valence-electron chi connectivity index (χ2n) is 9.00. The van der Waals surface area contributed by atoms with E-state index in [2.05, 4.69) is 70.9 Å². The highest BCUT2D eigenvalue weighted by Gasteiger charge is 2.21. The summed E-state index contributed by atoms with van der Waals surface area (Å²) in [5.41, 5.74) is 3.20. The predicted molar refractivity (Wildman–Crippen MR) is 140 cm³/mol. The van der Waals surface area contributed by atoms with Crippen molar-refractivity contribution in [3.63, 3.8) is 0 Å². The lowest BCUT2D eigenvalue weighted by Gasteiger charge is -2.32. The zero-order chi connectivity index (χ0) is 24.1. The quantitative estimate of drug-likeness (QED) is 0.582. The van der Waals surface area contributed by atoms with Crippen molar-refractivity contribution in [3.8, 4) is 5.75 Å². The van der Waals surface area contributed by atoms with Gasteiger partial charge in [0.1, 0.15) is 12.4 Å². The van der Waals surface area contributed by atoms with E-state index in [-0.39, 0.29) is 11.9 Å². The Labute approximate surface area is 209 Å². The number of benzene rings is 3. The molecule has 5 heteroatoms. The minimum absolute atomic E-state index is 0.125. The van der Waals surface area contributed by atoms with E-state index in [1.54, 1.807) is 0 Å². The molecule has 1 N–H and O–H groups in total. The molecular weight excluding hydrogens is 436 g/mol. The summed E-state index contributed by atoms with van der Waals surface area (Å²) in [5.74, 6) is 0.501. The average molecular weight is 473 g/mol. The molecule has 0 radical (unpaired) electrons. The van der Waals surface area contributed by atoms with Crippen molar-refractivity contribution in [2.45, 2.75) is 31.7 Å². The predicted octanol–water partition coefficient (Wildman–Crippen LogP) is 4.76. The molecule has 3 aromatic carbocycles. The zero-order valence-corrected chi connectivity index (χ0v) is 20.4. The van der Waals surface area contributed by atoms with Gasteiger partial charge >= 0.3 is 0 Å². The summed E-state index contributed by atoms with van der Waals surface area (Å²) in [6.45, 7) is 4.17. The third-order valence-corrected chi connectivity index (χ3v) is 6.44. The maximum atomic E-state index is 12.8. The highest BCUT2D eigenvalue weighted by molar-refractivity contribution is 5.96. The van der Waals surface area contributed by atoms with Crippen molar-refractivity contribution >= 4 is 5.91 Å². The van der Waals surface area contributed by atoms with E-state index in [9.17, 15) is 4.79 Å². The third kappa shape index (κ3) is 7.94. The summed E-state index contributed by atoms with van der Waals surface area (Å²) in [6.07, 6.45) is 3.93. The van der Waals surface area contributed by atoms with Crippen molar-refractivity contribution in [1.82, 2.24) is 10.2 Å². The van der Waals surface area contributed by atoms with Crippen LogP contribution in [0, 0.1) is 0 Å². The van der Waals surface area contributed by atoms with Crippen LogP contribution in [0.2, 0.25) is 0 Å². The highest BCUT2D eigenvalue weighted by atomic mass is 16.5. The number of nitrogens with zero attached hydrogens (tertiary/aromatic N) is 1. The Bertz CT molecular complexity index is 1030. The number of carbonyl (C=O) groups excluding carboxylic acids is 1. The minimum atomic E-state index is -0.125. The first kappa shape index (κ1) is 25.0. The van der Waals surface area contributed by atoms with Crippen LogP contribution in [-0.4, -0.2) is 56.3 Å². The van der Waals surface area contributed by atoms with Gasteiger partial charge in [-0.2, -0.15) is 0 Å². The fourth-order valence-corrected chi connectivity index (χ4v) is 4.49. The van der Waals surface area contributed by atoms with Crippen LogP contribution in [0.4, 0.5) is 0 Å². The Kier molecular flexibility index (Phi) is 9.74. The fraction of sp³-hybridized carbons (Fsp3) is 0.367. The van der Waals surface area contributed by atoms with Gasteiger partial charge in [-0.3, -0.25) is 9.69 Å². The van der Waals surface area contributed by atoms with Gasteiger partial charge in [-0.05, 0) is 55.5 Å². The lowest BCUT2D eigenvalue weighted by Crippen LogP contribution is -2.43. The largest absolute Gasteiger partial charge is 0.491 e. The smallest absolute Gasteiger partial charge is 0.255 e. The molecule has 0 aromatic heterocycles. The molecule has 4 rings (SSSR count). The Morgan fingerprint density at radius 2 is 1.54 bits per heavy atom. The van der Waals surface area contributed by atoms with Crippen molar-refractivity contribution < 1.29 is 14.3 Å². The number of amides is 1. The molecule has 0 unspecified atom stereocenters. The van der Waals surface area contributed by atoms with Gasteiger partial charge in [0.15, 0.2) is 0 Å². The van der Waals surface area contributed by atoms with E-state index in [0.717, 1.165) is 38.8 Å². The van der Waals surface area contributed by atoms with E-state index in [1.165, 1.54) is 11.1 Å². The van der Waals surface area contributed by atoms with Crippen molar-refractivity contribution in [3.05, 3.63) is 102 Å². The van der Waals surface area contributed by atoms with Gasteiger partial charge in [0.05, 0.1) is 12.2 Å². The van der Waals surface area contributed by atoms with Crippen LogP contribution in [0.15, 0.2) is 84.9 Å². The Morgan fingerprint density at radius 1 is 0.829 bits per heavy atom. The summed E-state index contributed by atoms with van der Waals surface area (Å²) in [7, 11) is 0. The number of nitrogens with one attached hydrogen (secondary N) is 1. The van der Waals surface area contributed by atoms with Gasteiger partial charge in [-0.25, -0.2) is 0 Å². The summed E-state index contributed by atoms with van der Waals surface area (Å²) >= 11 is 0. The van der Waals surface area contributed by atoms with Crippen LogP contribution in [0.1, 0.15) is 34.3 Å². The van der Waals surface area contributed by atoms with Crippen LogP contribution in [0.25, 0.3) is 0 Å². The first-order valence-corrected chi connectivity index (χ1v) is 12.7. The molecule has 0 saturated heterocycles. The molecule has 1 atom stereocenters. The Morgan fingerprint density at radius 3 is 2.34 bits per heavy atom. The third-order valence-electron chi connectivity index (χ3n) is 6.44. The minimum Gasteiger partial charge on any atom is -0.491 e. The second-order valence-corrected chi connectivity index (χ2v) is 9.00. The molecule has 0 aliphatic carbocycles. The molecule has 184 valence electrons. The molecule has 0 saturated carbocycles. The molecule has 35 heavy (non-hydrogen) atoms. The number of carbonyl (C=O) groups is 1. The first-order chi connectivity index (χ1) is 17.3. The molecule has 0 spiro atoms. The molecule has 1 heterocycles. The Hall–Kier alpha value is -3.15. The van der Waals surface area contributed by atoms with E-state index in [4.69, 9.17) is 9.47 Å². The van der Waals surface area contributed by atoms with Crippen LogP contribution in [-0.2, 0) is 17.6 Å². The SMILES string of the molecule is O=C1NCCOCCCCN(CCc2ccccc2)[C@@H](Cc2ccccc2)COc2ccccc21. The van der Waals surface area contributed by atoms with Crippen LogP contribution in [0.3, 0.4) is 0 Å². The molecule has 1 aliphatic heterocycles. The number of rotatable bonds is 5. The van der Waals surface area contributed by atoms with Gasteiger partial charge in [0, 0.05) is 25.7 Å². The van der Waals surface area contributed by atoms with E-state index in [1.807, 2.05) is 24.3 Å².